The average molecular weight is 162 g/mol. The molecule has 10 heavy (non-hydrogen) atoms. The Morgan fingerprint density at radius 1 is 1.60 bits per heavy atom. The first kappa shape index (κ1) is 9.30. The summed E-state index contributed by atoms with van der Waals surface area (Å²) in [4.78, 5) is 1.74. The number of halogens is 1. The fourth-order valence-corrected chi connectivity index (χ4v) is 0.857. The molecule has 3 nitrogen and oxygen atoms in total. The van der Waals surface area contributed by atoms with Crippen LogP contribution in [-0.4, -0.2) is 17.4 Å². The third-order valence-electron chi connectivity index (χ3n) is 1.36. The summed E-state index contributed by atoms with van der Waals surface area (Å²) in [5.74, 6) is 0.144. The summed E-state index contributed by atoms with van der Waals surface area (Å²) in [6.45, 7) is 0.895. The number of guanidine groups is 1. The Balaban J connectivity index is 0.000000810. The highest BCUT2D eigenvalue weighted by Crippen LogP contribution is 2.03. The smallest absolute Gasteiger partial charge is 0.192 e. The van der Waals surface area contributed by atoms with Crippen LogP contribution in [0.15, 0.2) is 12.3 Å². The number of nitrogens with two attached hydrogens (primary N) is 1. The standard InChI is InChI=1S/C6H11N3.ClH/c7-6(8)9-4-2-1-3-5-9;/h2,4H,1,3,5H2,(H3,7,8);1H. The largest absolute Gasteiger partial charge is 0.370 e. The van der Waals surface area contributed by atoms with Crippen molar-refractivity contribution in [2.45, 2.75) is 12.8 Å². The predicted octanol–water partition coefficient (Wildman–Crippen LogP) is 0.911. The van der Waals surface area contributed by atoms with Crippen molar-refractivity contribution < 1.29 is 0 Å². The zero-order chi connectivity index (χ0) is 6.69. The lowest BCUT2D eigenvalue weighted by Gasteiger charge is -2.20. The Morgan fingerprint density at radius 2 is 2.30 bits per heavy atom. The van der Waals surface area contributed by atoms with Crippen LogP contribution in [0.5, 0.6) is 0 Å². The van der Waals surface area contributed by atoms with Gasteiger partial charge in [-0.3, -0.25) is 5.41 Å². The minimum Gasteiger partial charge on any atom is -0.370 e. The van der Waals surface area contributed by atoms with Crippen LogP contribution >= 0.6 is 12.4 Å². The molecule has 0 aromatic heterocycles. The number of hydrogen-bond acceptors (Lipinski definition) is 1. The summed E-state index contributed by atoms with van der Waals surface area (Å²) in [6, 6.07) is 0. The molecule has 0 bridgehead atoms. The molecule has 3 N–H and O–H groups in total. The van der Waals surface area contributed by atoms with Crippen molar-refractivity contribution in [1.29, 1.82) is 5.41 Å². The SMILES string of the molecule is Cl.N=C(N)N1C=CCCC1. The van der Waals surface area contributed by atoms with Crippen LogP contribution in [0.3, 0.4) is 0 Å². The molecule has 0 aromatic carbocycles. The fraction of sp³-hybridized carbons (Fsp3) is 0.500. The summed E-state index contributed by atoms with van der Waals surface area (Å²) in [7, 11) is 0. The molecule has 0 atom stereocenters. The molecule has 1 aliphatic rings. The molecule has 0 saturated carbocycles. The van der Waals surface area contributed by atoms with Gasteiger partial charge in [-0.25, -0.2) is 0 Å². The van der Waals surface area contributed by atoms with Crippen LogP contribution in [0.1, 0.15) is 12.8 Å². The number of nitrogens with one attached hydrogen (secondary N) is 1. The minimum absolute atomic E-state index is 0. The monoisotopic (exact) mass is 161 g/mol. The van der Waals surface area contributed by atoms with E-state index in [1.807, 2.05) is 12.3 Å². The summed E-state index contributed by atoms with van der Waals surface area (Å²) < 4.78 is 0. The van der Waals surface area contributed by atoms with Crippen LogP contribution in [0.25, 0.3) is 0 Å². The van der Waals surface area contributed by atoms with Gasteiger partial charge in [-0.1, -0.05) is 6.08 Å². The van der Waals surface area contributed by atoms with E-state index in [2.05, 4.69) is 0 Å². The Morgan fingerprint density at radius 3 is 2.60 bits per heavy atom. The maximum Gasteiger partial charge on any atom is 0.192 e. The van der Waals surface area contributed by atoms with Crippen molar-refractivity contribution >= 4 is 18.4 Å². The average Bonchev–Trinajstić information content (AvgIpc) is 1.90. The van der Waals surface area contributed by atoms with Crippen LogP contribution < -0.4 is 5.73 Å². The third-order valence-corrected chi connectivity index (χ3v) is 1.36. The predicted molar refractivity (Wildman–Crippen MR) is 44.2 cm³/mol. The summed E-state index contributed by atoms with van der Waals surface area (Å²) in [6.07, 6.45) is 6.12. The number of nitrogens with zero attached hydrogens (tertiary/aromatic N) is 1. The van der Waals surface area contributed by atoms with E-state index in [0.29, 0.717) is 0 Å². The first-order valence-electron chi connectivity index (χ1n) is 3.08. The Labute approximate surface area is 66.8 Å². The lowest BCUT2D eigenvalue weighted by molar-refractivity contribution is 0.502. The van der Waals surface area contributed by atoms with E-state index in [-0.39, 0.29) is 18.4 Å². The maximum atomic E-state index is 7.04. The van der Waals surface area contributed by atoms with E-state index in [1.54, 1.807) is 4.90 Å². The number of rotatable bonds is 0. The molecular formula is C6H12ClN3. The van der Waals surface area contributed by atoms with Crippen molar-refractivity contribution in [2.75, 3.05) is 6.54 Å². The molecule has 0 unspecified atom stereocenters. The Bertz CT molecular complexity index is 144. The fourth-order valence-electron chi connectivity index (χ4n) is 0.857. The van der Waals surface area contributed by atoms with E-state index < -0.39 is 0 Å². The van der Waals surface area contributed by atoms with Crippen LogP contribution in [0, 0.1) is 5.41 Å². The van der Waals surface area contributed by atoms with E-state index in [1.165, 1.54) is 0 Å². The van der Waals surface area contributed by atoms with Crippen LogP contribution in [0.4, 0.5) is 0 Å². The second kappa shape index (κ2) is 4.17. The third kappa shape index (κ3) is 2.27. The molecule has 1 rings (SSSR count). The second-order valence-electron chi connectivity index (χ2n) is 2.11. The zero-order valence-electron chi connectivity index (χ0n) is 5.71. The summed E-state index contributed by atoms with van der Waals surface area (Å²) >= 11 is 0. The first-order chi connectivity index (χ1) is 4.30. The van der Waals surface area contributed by atoms with Gasteiger partial charge in [0.2, 0.25) is 0 Å². The quantitative estimate of drug-likeness (QED) is 0.410. The van der Waals surface area contributed by atoms with E-state index in [0.717, 1.165) is 19.4 Å². The highest BCUT2D eigenvalue weighted by molar-refractivity contribution is 5.85. The molecule has 0 aliphatic carbocycles. The molecule has 58 valence electrons. The molecule has 0 aromatic rings. The van der Waals surface area contributed by atoms with Crippen molar-refractivity contribution in [3.8, 4) is 0 Å². The molecule has 4 heteroatoms. The maximum absolute atomic E-state index is 7.04. The zero-order valence-corrected chi connectivity index (χ0v) is 6.53. The second-order valence-corrected chi connectivity index (χ2v) is 2.11. The van der Waals surface area contributed by atoms with Crippen LogP contribution in [0.2, 0.25) is 0 Å². The van der Waals surface area contributed by atoms with Crippen molar-refractivity contribution in [3.63, 3.8) is 0 Å². The lowest BCUT2D eigenvalue weighted by atomic mass is 10.2. The molecule has 0 fully saturated rings. The first-order valence-corrected chi connectivity index (χ1v) is 3.08. The molecule has 0 spiro atoms. The van der Waals surface area contributed by atoms with Gasteiger partial charge in [-0.2, -0.15) is 0 Å². The molecule has 0 amide bonds. The van der Waals surface area contributed by atoms with Gasteiger partial charge >= 0.3 is 0 Å². The highest BCUT2D eigenvalue weighted by atomic mass is 35.5. The minimum atomic E-state index is 0. The Hall–Kier alpha value is -0.700. The van der Waals surface area contributed by atoms with E-state index in [9.17, 15) is 0 Å². The molecular weight excluding hydrogens is 150 g/mol. The van der Waals surface area contributed by atoms with Gasteiger partial charge in [0.1, 0.15) is 0 Å². The molecule has 1 heterocycles. The van der Waals surface area contributed by atoms with Gasteiger partial charge < -0.3 is 10.6 Å². The normalized spacial score (nSPS) is 16.2. The van der Waals surface area contributed by atoms with Crippen molar-refractivity contribution in [1.82, 2.24) is 4.90 Å². The van der Waals surface area contributed by atoms with Gasteiger partial charge in [0.25, 0.3) is 0 Å². The molecule has 1 aliphatic heterocycles. The topological polar surface area (TPSA) is 53.1 Å². The Kier molecular flexibility index (Phi) is 3.88. The highest BCUT2D eigenvalue weighted by Gasteiger charge is 2.03. The lowest BCUT2D eigenvalue weighted by Crippen LogP contribution is -2.33. The van der Waals surface area contributed by atoms with Gasteiger partial charge in [-0.05, 0) is 12.8 Å². The van der Waals surface area contributed by atoms with Gasteiger partial charge in [-0.15, -0.1) is 12.4 Å². The van der Waals surface area contributed by atoms with E-state index in [4.69, 9.17) is 11.1 Å². The van der Waals surface area contributed by atoms with Gasteiger partial charge in [0.05, 0.1) is 0 Å². The molecule has 0 saturated heterocycles. The van der Waals surface area contributed by atoms with E-state index >= 15 is 0 Å². The van der Waals surface area contributed by atoms with Crippen LogP contribution in [-0.2, 0) is 0 Å². The van der Waals surface area contributed by atoms with Gasteiger partial charge in [0.15, 0.2) is 5.96 Å². The number of hydrogen-bond donors (Lipinski definition) is 2. The van der Waals surface area contributed by atoms with Gasteiger partial charge in [0, 0.05) is 12.7 Å². The summed E-state index contributed by atoms with van der Waals surface area (Å²) in [5.41, 5.74) is 5.23. The number of allylic oxidation sites excluding steroid dienone is 1. The molecule has 0 radical (unpaired) electrons. The summed E-state index contributed by atoms with van der Waals surface area (Å²) in [5, 5.41) is 7.04. The van der Waals surface area contributed by atoms with Crippen molar-refractivity contribution in [3.05, 3.63) is 12.3 Å². The van der Waals surface area contributed by atoms with Crippen molar-refractivity contribution in [2.24, 2.45) is 5.73 Å².